The van der Waals surface area contributed by atoms with Crippen molar-refractivity contribution in [3.05, 3.63) is 66.7 Å². The summed E-state index contributed by atoms with van der Waals surface area (Å²) in [6, 6.07) is 12.3. The quantitative estimate of drug-likeness (QED) is 0.149. The zero-order chi connectivity index (χ0) is 28.3. The SMILES string of the molecule is COc1ccsc1/C=C/c1sc(-c2ccc(-c3cc(OC)c(/C=C/c4sccc4OC)s3)c3nsnc23)cc1OC. The van der Waals surface area contributed by atoms with E-state index in [1.807, 2.05) is 22.9 Å². The Morgan fingerprint density at radius 1 is 0.537 bits per heavy atom. The van der Waals surface area contributed by atoms with E-state index >= 15 is 0 Å². The Morgan fingerprint density at radius 3 is 1.37 bits per heavy atom. The fourth-order valence-electron chi connectivity index (χ4n) is 4.36. The number of ether oxygens (including phenoxy) is 4. The summed E-state index contributed by atoms with van der Waals surface area (Å²) in [6.07, 6.45) is 8.28. The summed E-state index contributed by atoms with van der Waals surface area (Å²) in [5.41, 5.74) is 3.81. The lowest BCUT2D eigenvalue weighted by Crippen LogP contribution is -1.83. The predicted octanol–water partition coefficient (Wildman–Crippen LogP) is 9.65. The molecule has 0 saturated heterocycles. The number of benzene rings is 1. The van der Waals surface area contributed by atoms with Crippen LogP contribution in [-0.2, 0) is 0 Å². The lowest BCUT2D eigenvalue weighted by Gasteiger charge is -2.03. The first-order valence-electron chi connectivity index (χ1n) is 12.3. The molecule has 0 radical (unpaired) electrons. The van der Waals surface area contributed by atoms with Crippen molar-refractivity contribution >= 4 is 92.4 Å². The monoisotopic (exact) mass is 636 g/mol. The van der Waals surface area contributed by atoms with Gasteiger partial charge in [-0.05, 0) is 59.3 Å². The van der Waals surface area contributed by atoms with Crippen LogP contribution >= 0.6 is 57.1 Å². The Balaban J connectivity index is 1.35. The molecule has 5 aromatic heterocycles. The van der Waals surface area contributed by atoms with Crippen LogP contribution in [-0.4, -0.2) is 37.2 Å². The number of rotatable bonds is 10. The van der Waals surface area contributed by atoms with Crippen LogP contribution in [0.15, 0.2) is 47.2 Å². The summed E-state index contributed by atoms with van der Waals surface area (Å²) in [6.45, 7) is 0. The Morgan fingerprint density at radius 2 is 0.951 bits per heavy atom. The van der Waals surface area contributed by atoms with Gasteiger partial charge in [0.1, 0.15) is 34.0 Å². The topological polar surface area (TPSA) is 62.7 Å². The minimum Gasteiger partial charge on any atom is -0.495 e. The third-order valence-corrected chi connectivity index (χ3v) is 10.8. The van der Waals surface area contributed by atoms with E-state index in [0.29, 0.717) is 0 Å². The molecule has 0 saturated carbocycles. The highest BCUT2D eigenvalue weighted by Crippen LogP contribution is 2.45. The van der Waals surface area contributed by atoms with Crippen molar-refractivity contribution in [3.63, 3.8) is 0 Å². The maximum Gasteiger partial charge on any atom is 0.137 e. The van der Waals surface area contributed by atoms with Crippen LogP contribution in [0, 0.1) is 0 Å². The summed E-state index contributed by atoms with van der Waals surface area (Å²) >= 11 is 7.83. The van der Waals surface area contributed by atoms with Gasteiger partial charge in [0.25, 0.3) is 0 Å². The Kier molecular flexibility index (Phi) is 8.22. The highest BCUT2D eigenvalue weighted by Gasteiger charge is 2.19. The van der Waals surface area contributed by atoms with Crippen molar-refractivity contribution in [2.45, 2.75) is 0 Å². The summed E-state index contributed by atoms with van der Waals surface area (Å²) in [4.78, 5) is 6.33. The number of aromatic nitrogens is 2. The first-order chi connectivity index (χ1) is 20.1. The second-order valence-electron chi connectivity index (χ2n) is 8.58. The summed E-state index contributed by atoms with van der Waals surface area (Å²) in [7, 11) is 6.77. The van der Waals surface area contributed by atoms with E-state index in [1.165, 1.54) is 11.7 Å². The van der Waals surface area contributed by atoms with E-state index in [2.05, 4.69) is 48.6 Å². The minimum absolute atomic E-state index is 0.819. The van der Waals surface area contributed by atoms with Gasteiger partial charge in [0.05, 0.1) is 59.7 Å². The van der Waals surface area contributed by atoms with Crippen molar-refractivity contribution in [2.24, 2.45) is 0 Å². The Labute approximate surface area is 257 Å². The van der Waals surface area contributed by atoms with Crippen LogP contribution in [0.1, 0.15) is 19.5 Å². The third-order valence-electron chi connectivity index (χ3n) is 6.36. The molecule has 0 aliphatic rings. The standard InChI is InChI=1S/C30H24N2O4S5/c1-33-19-11-13-37-23(19)7-9-25-21(35-3)15-27(39-25)17-5-6-18(30-29(17)31-41-32-30)28-16-22(36-4)26(40-28)10-8-24-20(34-2)12-14-38-24/h5-16H,1-4H3/b9-7+,10-8+. The minimum atomic E-state index is 0.819. The molecule has 0 aliphatic carbocycles. The number of fused-ring (bicyclic) bond motifs is 1. The highest BCUT2D eigenvalue weighted by atomic mass is 32.1. The second kappa shape index (κ2) is 12.2. The molecular formula is C30H24N2O4S5. The molecule has 0 spiro atoms. The van der Waals surface area contributed by atoms with Gasteiger partial charge in [-0.1, -0.05) is 12.1 Å². The van der Waals surface area contributed by atoms with E-state index in [4.69, 9.17) is 27.7 Å². The average molecular weight is 637 g/mol. The van der Waals surface area contributed by atoms with Crippen LogP contribution in [0.2, 0.25) is 0 Å². The van der Waals surface area contributed by atoms with E-state index in [-0.39, 0.29) is 0 Å². The van der Waals surface area contributed by atoms with E-state index in [1.54, 1.807) is 73.8 Å². The smallest absolute Gasteiger partial charge is 0.137 e. The van der Waals surface area contributed by atoms with E-state index in [0.717, 1.165) is 74.4 Å². The molecule has 0 aliphatic heterocycles. The highest BCUT2D eigenvalue weighted by molar-refractivity contribution is 7.17. The van der Waals surface area contributed by atoms with Crippen molar-refractivity contribution in [1.29, 1.82) is 0 Å². The third kappa shape index (κ3) is 5.43. The van der Waals surface area contributed by atoms with Crippen LogP contribution in [0.25, 0.3) is 56.2 Å². The molecule has 5 heterocycles. The Hall–Kier alpha value is -3.48. The molecule has 6 rings (SSSR count). The largest absolute Gasteiger partial charge is 0.495 e. The van der Waals surface area contributed by atoms with Gasteiger partial charge in [-0.15, -0.1) is 45.3 Å². The molecule has 0 atom stereocenters. The molecule has 0 bridgehead atoms. The normalized spacial score (nSPS) is 11.7. The summed E-state index contributed by atoms with van der Waals surface area (Å²) in [5.74, 6) is 3.36. The number of methoxy groups -OCH3 is 4. The number of hydrogen-bond donors (Lipinski definition) is 0. The Bertz CT molecular complexity index is 1740. The lowest BCUT2D eigenvalue weighted by molar-refractivity contribution is 0.415. The van der Waals surface area contributed by atoms with E-state index in [9.17, 15) is 0 Å². The van der Waals surface area contributed by atoms with Gasteiger partial charge in [0, 0.05) is 20.9 Å². The van der Waals surface area contributed by atoms with E-state index < -0.39 is 0 Å². The van der Waals surface area contributed by atoms with Crippen molar-refractivity contribution in [1.82, 2.24) is 8.75 Å². The average Bonchev–Trinajstić information content (AvgIpc) is 3.83. The molecule has 208 valence electrons. The van der Waals surface area contributed by atoms with Crippen molar-refractivity contribution in [3.8, 4) is 43.9 Å². The molecule has 0 amide bonds. The van der Waals surface area contributed by atoms with Gasteiger partial charge in [-0.25, -0.2) is 0 Å². The molecule has 1 aromatic carbocycles. The maximum absolute atomic E-state index is 5.73. The molecule has 0 N–H and O–H groups in total. The number of thiophene rings is 4. The van der Waals surface area contributed by atoms with Crippen LogP contribution in [0.5, 0.6) is 23.0 Å². The first kappa shape index (κ1) is 27.7. The number of nitrogens with zero attached hydrogens (tertiary/aromatic N) is 2. The van der Waals surface area contributed by atoms with Gasteiger partial charge >= 0.3 is 0 Å². The summed E-state index contributed by atoms with van der Waals surface area (Å²) in [5, 5.41) is 4.04. The fraction of sp³-hybridized carbons (Fsp3) is 0.133. The fourth-order valence-corrected chi connectivity index (χ4v) is 8.55. The molecule has 6 aromatic rings. The van der Waals surface area contributed by atoms with Crippen molar-refractivity contribution in [2.75, 3.05) is 28.4 Å². The second-order valence-corrected chi connectivity index (χ2v) is 13.2. The zero-order valence-electron chi connectivity index (χ0n) is 22.5. The lowest BCUT2D eigenvalue weighted by atomic mass is 10.1. The number of hydrogen-bond acceptors (Lipinski definition) is 11. The van der Waals surface area contributed by atoms with Crippen LogP contribution in [0.4, 0.5) is 0 Å². The van der Waals surface area contributed by atoms with Crippen molar-refractivity contribution < 1.29 is 18.9 Å². The molecule has 6 nitrogen and oxygen atoms in total. The molecule has 0 fully saturated rings. The molecular weight excluding hydrogens is 613 g/mol. The van der Waals surface area contributed by atoms with Crippen LogP contribution in [0.3, 0.4) is 0 Å². The predicted molar refractivity (Wildman–Crippen MR) is 177 cm³/mol. The first-order valence-corrected chi connectivity index (χ1v) is 16.5. The van der Waals surface area contributed by atoms with Gasteiger partial charge in [-0.2, -0.15) is 8.75 Å². The van der Waals surface area contributed by atoms with Crippen LogP contribution < -0.4 is 18.9 Å². The van der Waals surface area contributed by atoms with Gasteiger partial charge in [0.2, 0.25) is 0 Å². The maximum atomic E-state index is 5.73. The van der Waals surface area contributed by atoms with Gasteiger partial charge in [-0.3, -0.25) is 0 Å². The van der Waals surface area contributed by atoms with Gasteiger partial charge in [0.15, 0.2) is 0 Å². The molecule has 11 heteroatoms. The molecule has 41 heavy (non-hydrogen) atoms. The van der Waals surface area contributed by atoms with Gasteiger partial charge < -0.3 is 18.9 Å². The zero-order valence-corrected chi connectivity index (χ0v) is 26.6. The summed E-state index contributed by atoms with van der Waals surface area (Å²) < 4.78 is 31.8. The molecule has 0 unspecified atom stereocenters.